The molecule has 2 aromatic carbocycles. The number of nitrogens with zero attached hydrogens (tertiary/aromatic N) is 4. The molecule has 0 N–H and O–H groups in total. The third-order valence-corrected chi connectivity index (χ3v) is 5.40. The molecular formula is C23H23ClN4O5. The molecule has 0 radical (unpaired) electrons. The molecule has 1 aromatic heterocycles. The first-order valence-corrected chi connectivity index (χ1v) is 10.8. The maximum atomic E-state index is 12.5. The van der Waals surface area contributed by atoms with Crippen LogP contribution in [0.3, 0.4) is 0 Å². The Kier molecular flexibility index (Phi) is 7.09. The molecule has 0 atom stereocenters. The highest BCUT2D eigenvalue weighted by atomic mass is 35.5. The minimum Gasteiger partial charge on any atom is -0.485 e. The number of halogens is 1. The van der Waals surface area contributed by atoms with Gasteiger partial charge >= 0.3 is 5.97 Å². The quantitative estimate of drug-likeness (QED) is 0.486. The molecular weight excluding hydrogens is 448 g/mol. The van der Waals surface area contributed by atoms with Gasteiger partial charge in [-0.25, -0.2) is 4.79 Å². The second-order valence-electron chi connectivity index (χ2n) is 7.47. The van der Waals surface area contributed by atoms with Gasteiger partial charge in [-0.2, -0.15) is 4.98 Å². The highest BCUT2D eigenvalue weighted by Crippen LogP contribution is 2.21. The van der Waals surface area contributed by atoms with Crippen molar-refractivity contribution in [3.05, 3.63) is 70.8 Å². The molecule has 4 rings (SSSR count). The van der Waals surface area contributed by atoms with Gasteiger partial charge in [-0.3, -0.25) is 4.79 Å². The average Bonchev–Trinajstić information content (AvgIpc) is 3.26. The molecule has 1 fully saturated rings. The topological polar surface area (TPSA) is 98.0 Å². The highest BCUT2D eigenvalue weighted by Gasteiger charge is 2.22. The lowest BCUT2D eigenvalue weighted by atomic mass is 10.2. The first-order chi connectivity index (χ1) is 16.0. The van der Waals surface area contributed by atoms with Crippen LogP contribution in [-0.4, -0.2) is 59.7 Å². The number of hydrogen-bond donors (Lipinski definition) is 0. The van der Waals surface area contributed by atoms with E-state index in [-0.39, 0.29) is 19.1 Å². The van der Waals surface area contributed by atoms with Crippen molar-refractivity contribution in [2.45, 2.75) is 13.5 Å². The van der Waals surface area contributed by atoms with Crippen LogP contribution in [0.1, 0.15) is 22.1 Å². The molecule has 0 aliphatic carbocycles. The summed E-state index contributed by atoms with van der Waals surface area (Å²) in [6.07, 6.45) is 0. The summed E-state index contributed by atoms with van der Waals surface area (Å²) in [7, 11) is 0. The lowest BCUT2D eigenvalue weighted by Gasteiger charge is -2.36. The van der Waals surface area contributed by atoms with Crippen LogP contribution in [-0.2, 0) is 16.1 Å². The molecule has 1 saturated heterocycles. The van der Waals surface area contributed by atoms with Crippen molar-refractivity contribution in [1.82, 2.24) is 15.0 Å². The maximum absolute atomic E-state index is 12.5. The Morgan fingerprint density at radius 2 is 1.85 bits per heavy atom. The van der Waals surface area contributed by atoms with E-state index in [1.165, 1.54) is 0 Å². The van der Waals surface area contributed by atoms with Gasteiger partial charge in [-0.1, -0.05) is 22.8 Å². The number of piperazine rings is 1. The van der Waals surface area contributed by atoms with E-state index in [2.05, 4.69) is 15.0 Å². The summed E-state index contributed by atoms with van der Waals surface area (Å²) in [5, 5.41) is 4.43. The number of aryl methyl sites for hydroxylation is 1. The molecule has 1 aliphatic rings. The van der Waals surface area contributed by atoms with E-state index in [4.69, 9.17) is 25.6 Å². The zero-order valence-electron chi connectivity index (χ0n) is 18.1. The van der Waals surface area contributed by atoms with Crippen molar-refractivity contribution >= 4 is 29.2 Å². The average molecular weight is 471 g/mol. The summed E-state index contributed by atoms with van der Waals surface area (Å²) in [6, 6.07) is 14.1. The smallest absolute Gasteiger partial charge is 0.338 e. The van der Waals surface area contributed by atoms with Gasteiger partial charge in [0.2, 0.25) is 11.7 Å². The van der Waals surface area contributed by atoms with E-state index in [0.717, 1.165) is 5.69 Å². The number of esters is 1. The van der Waals surface area contributed by atoms with Crippen molar-refractivity contribution in [2.75, 3.05) is 37.7 Å². The van der Waals surface area contributed by atoms with Crippen LogP contribution in [0.4, 0.5) is 5.69 Å². The van der Waals surface area contributed by atoms with Gasteiger partial charge in [-0.05, 0) is 42.5 Å². The van der Waals surface area contributed by atoms with Gasteiger partial charge < -0.3 is 23.8 Å². The molecule has 10 heteroatoms. The number of carbonyl (C=O) groups is 2. The zero-order chi connectivity index (χ0) is 23.2. The number of carbonyl (C=O) groups excluding carboxylic acids is 2. The van der Waals surface area contributed by atoms with Gasteiger partial charge in [0.25, 0.3) is 5.91 Å². The molecule has 1 aliphatic heterocycles. The van der Waals surface area contributed by atoms with Crippen molar-refractivity contribution in [1.29, 1.82) is 0 Å². The van der Waals surface area contributed by atoms with Gasteiger partial charge in [-0.15, -0.1) is 0 Å². The summed E-state index contributed by atoms with van der Waals surface area (Å²) in [5.74, 6) is 0.653. The van der Waals surface area contributed by atoms with Gasteiger partial charge in [0, 0.05) is 43.8 Å². The monoisotopic (exact) mass is 470 g/mol. The largest absolute Gasteiger partial charge is 0.485 e. The first-order valence-electron chi connectivity index (χ1n) is 10.5. The molecule has 172 valence electrons. The van der Waals surface area contributed by atoms with Crippen LogP contribution in [0.2, 0.25) is 5.02 Å². The normalized spacial score (nSPS) is 13.6. The van der Waals surface area contributed by atoms with Crippen molar-refractivity contribution in [3.63, 3.8) is 0 Å². The second kappa shape index (κ2) is 10.4. The SMILES string of the molecule is Cc1nc(COc2ccc(C(=O)OCC(=O)N3CCN(c4cccc(Cl)c4)CC3)cc2)no1. The lowest BCUT2D eigenvalue weighted by molar-refractivity contribution is -0.134. The van der Waals surface area contributed by atoms with Gasteiger partial charge in [0.1, 0.15) is 5.75 Å². The highest BCUT2D eigenvalue weighted by molar-refractivity contribution is 6.30. The number of anilines is 1. The molecule has 3 aromatic rings. The van der Waals surface area contributed by atoms with Crippen LogP contribution in [0.5, 0.6) is 5.75 Å². The van der Waals surface area contributed by atoms with E-state index in [9.17, 15) is 9.59 Å². The minimum atomic E-state index is -0.568. The van der Waals surface area contributed by atoms with Crippen LogP contribution in [0.25, 0.3) is 0 Å². The molecule has 0 unspecified atom stereocenters. The van der Waals surface area contributed by atoms with E-state index in [0.29, 0.717) is 54.2 Å². The minimum absolute atomic E-state index is 0.153. The number of ether oxygens (including phenoxy) is 2. The van der Waals surface area contributed by atoms with Crippen LogP contribution < -0.4 is 9.64 Å². The predicted octanol–water partition coefficient (Wildman–Crippen LogP) is 3.12. The Bertz CT molecular complexity index is 1110. The Morgan fingerprint density at radius 3 is 2.52 bits per heavy atom. The number of hydrogen-bond acceptors (Lipinski definition) is 8. The maximum Gasteiger partial charge on any atom is 0.338 e. The molecule has 9 nitrogen and oxygen atoms in total. The van der Waals surface area contributed by atoms with Crippen molar-refractivity contribution in [3.8, 4) is 5.75 Å². The fourth-order valence-corrected chi connectivity index (χ4v) is 3.61. The second-order valence-corrected chi connectivity index (χ2v) is 7.90. The molecule has 33 heavy (non-hydrogen) atoms. The number of rotatable bonds is 7. The van der Waals surface area contributed by atoms with Crippen LogP contribution in [0.15, 0.2) is 53.1 Å². The van der Waals surface area contributed by atoms with E-state index in [1.54, 1.807) is 36.1 Å². The number of aromatic nitrogens is 2. The van der Waals surface area contributed by atoms with Gasteiger partial charge in [0.05, 0.1) is 5.56 Å². The summed E-state index contributed by atoms with van der Waals surface area (Å²) >= 11 is 6.06. The van der Waals surface area contributed by atoms with E-state index >= 15 is 0 Å². The molecule has 0 bridgehead atoms. The Balaban J connectivity index is 1.21. The summed E-state index contributed by atoms with van der Waals surface area (Å²) in [5.41, 5.74) is 1.36. The van der Waals surface area contributed by atoms with Crippen LogP contribution in [0, 0.1) is 6.92 Å². The molecule has 1 amide bonds. The number of benzene rings is 2. The van der Waals surface area contributed by atoms with Gasteiger partial charge in [0.15, 0.2) is 13.2 Å². The Labute approximate surface area is 195 Å². The summed E-state index contributed by atoms with van der Waals surface area (Å²) < 4.78 is 15.6. The van der Waals surface area contributed by atoms with E-state index < -0.39 is 5.97 Å². The Hall–Kier alpha value is -3.59. The zero-order valence-corrected chi connectivity index (χ0v) is 18.8. The standard InChI is InChI=1S/C23H23ClN4O5/c1-16-25-21(26-33-16)14-31-20-7-5-17(6-8-20)23(30)32-15-22(29)28-11-9-27(10-12-28)19-4-2-3-18(24)13-19/h2-8,13H,9-12,14-15H2,1H3. The van der Waals surface area contributed by atoms with Crippen molar-refractivity contribution < 1.29 is 23.6 Å². The molecule has 0 spiro atoms. The summed E-state index contributed by atoms with van der Waals surface area (Å²) in [6.45, 7) is 4.02. The number of amides is 1. The fraction of sp³-hybridized carbons (Fsp3) is 0.304. The fourth-order valence-electron chi connectivity index (χ4n) is 3.42. The predicted molar refractivity (Wildman–Crippen MR) is 120 cm³/mol. The van der Waals surface area contributed by atoms with E-state index in [1.807, 2.05) is 24.3 Å². The Morgan fingerprint density at radius 1 is 1.09 bits per heavy atom. The third-order valence-electron chi connectivity index (χ3n) is 5.16. The molecule has 2 heterocycles. The third kappa shape index (κ3) is 6.01. The molecule has 0 saturated carbocycles. The lowest BCUT2D eigenvalue weighted by Crippen LogP contribution is -2.49. The first kappa shape index (κ1) is 22.6. The van der Waals surface area contributed by atoms with Crippen molar-refractivity contribution in [2.24, 2.45) is 0 Å². The van der Waals surface area contributed by atoms with Crippen LogP contribution >= 0.6 is 11.6 Å². The summed E-state index contributed by atoms with van der Waals surface area (Å²) in [4.78, 5) is 32.7.